The number of halogens is 3. The van der Waals surface area contributed by atoms with Crippen molar-refractivity contribution in [2.24, 2.45) is 0 Å². The SMILES string of the molecule is COc1cc(OC)cc(-c2noc(C3CC(=O)N(Cc4ccccc4C(F)(F)F)C3)n2)c1. The monoisotopic (exact) mass is 447 g/mol. The number of alkyl halides is 3. The zero-order chi connectivity index (χ0) is 22.9. The predicted molar refractivity (Wildman–Crippen MR) is 107 cm³/mol. The number of hydrogen-bond acceptors (Lipinski definition) is 6. The molecule has 3 aromatic rings. The van der Waals surface area contributed by atoms with E-state index in [1.54, 1.807) is 18.2 Å². The van der Waals surface area contributed by atoms with E-state index in [1.807, 2.05) is 0 Å². The van der Waals surface area contributed by atoms with Crippen LogP contribution in [0.4, 0.5) is 13.2 Å². The maximum absolute atomic E-state index is 13.3. The number of carbonyl (C=O) groups excluding carboxylic acids is 1. The van der Waals surface area contributed by atoms with Gasteiger partial charge in [0.25, 0.3) is 0 Å². The summed E-state index contributed by atoms with van der Waals surface area (Å²) in [5, 5.41) is 3.99. The van der Waals surface area contributed by atoms with Crippen LogP contribution >= 0.6 is 0 Å². The maximum Gasteiger partial charge on any atom is 0.416 e. The van der Waals surface area contributed by atoms with Crippen LogP contribution in [0, 0.1) is 0 Å². The van der Waals surface area contributed by atoms with Crippen molar-refractivity contribution in [1.29, 1.82) is 0 Å². The van der Waals surface area contributed by atoms with E-state index < -0.39 is 17.7 Å². The minimum absolute atomic E-state index is 0.0451. The summed E-state index contributed by atoms with van der Waals surface area (Å²) < 4.78 is 55.7. The fourth-order valence-corrected chi connectivity index (χ4v) is 3.69. The number of nitrogens with zero attached hydrogens (tertiary/aromatic N) is 3. The second-order valence-electron chi connectivity index (χ2n) is 7.39. The topological polar surface area (TPSA) is 77.7 Å². The van der Waals surface area contributed by atoms with Gasteiger partial charge in [0.15, 0.2) is 0 Å². The van der Waals surface area contributed by atoms with Crippen molar-refractivity contribution in [1.82, 2.24) is 15.0 Å². The third-order valence-corrected chi connectivity index (χ3v) is 5.30. The van der Waals surface area contributed by atoms with E-state index in [4.69, 9.17) is 14.0 Å². The molecule has 2 heterocycles. The first-order valence-electron chi connectivity index (χ1n) is 9.78. The molecule has 1 aromatic heterocycles. The van der Waals surface area contributed by atoms with Crippen LogP contribution in [0.1, 0.15) is 29.4 Å². The van der Waals surface area contributed by atoms with E-state index >= 15 is 0 Å². The third kappa shape index (κ3) is 4.39. The lowest BCUT2D eigenvalue weighted by Gasteiger charge is -2.19. The molecule has 7 nitrogen and oxygen atoms in total. The van der Waals surface area contributed by atoms with Gasteiger partial charge in [-0.25, -0.2) is 0 Å². The number of methoxy groups -OCH3 is 2. The minimum Gasteiger partial charge on any atom is -0.497 e. The van der Waals surface area contributed by atoms with Gasteiger partial charge in [-0.3, -0.25) is 4.79 Å². The fraction of sp³-hybridized carbons (Fsp3) is 0.318. The molecule has 1 atom stereocenters. The first kappa shape index (κ1) is 21.7. The van der Waals surface area contributed by atoms with Gasteiger partial charge in [0.2, 0.25) is 17.6 Å². The van der Waals surface area contributed by atoms with Crippen LogP contribution in [0.2, 0.25) is 0 Å². The molecule has 1 aliphatic rings. The summed E-state index contributed by atoms with van der Waals surface area (Å²) in [6, 6.07) is 10.4. The summed E-state index contributed by atoms with van der Waals surface area (Å²) in [4.78, 5) is 18.3. The van der Waals surface area contributed by atoms with E-state index in [0.717, 1.165) is 6.07 Å². The highest BCUT2D eigenvalue weighted by Gasteiger charge is 2.37. The maximum atomic E-state index is 13.3. The molecule has 10 heteroatoms. The Labute approximate surface area is 181 Å². The second kappa shape index (κ2) is 8.52. The molecule has 2 aromatic carbocycles. The fourth-order valence-electron chi connectivity index (χ4n) is 3.69. The summed E-state index contributed by atoms with van der Waals surface area (Å²) in [6.45, 7) is 0.0488. The molecule has 0 bridgehead atoms. The number of benzene rings is 2. The van der Waals surface area contributed by atoms with Gasteiger partial charge < -0.3 is 18.9 Å². The Morgan fingerprint density at radius 1 is 1.12 bits per heavy atom. The summed E-state index contributed by atoms with van der Waals surface area (Å²) in [5.41, 5.74) is -0.0940. The van der Waals surface area contributed by atoms with Gasteiger partial charge in [0, 0.05) is 31.1 Å². The van der Waals surface area contributed by atoms with E-state index in [9.17, 15) is 18.0 Å². The van der Waals surface area contributed by atoms with Crippen molar-refractivity contribution in [2.75, 3.05) is 20.8 Å². The lowest BCUT2D eigenvalue weighted by molar-refractivity contribution is -0.139. The quantitative estimate of drug-likeness (QED) is 0.561. The van der Waals surface area contributed by atoms with E-state index in [-0.39, 0.29) is 36.9 Å². The Kier molecular flexibility index (Phi) is 5.77. The summed E-state index contributed by atoms with van der Waals surface area (Å²) in [5.74, 6) is 0.976. The van der Waals surface area contributed by atoms with Crippen molar-refractivity contribution in [3.63, 3.8) is 0 Å². The number of rotatable bonds is 6. The molecule has 168 valence electrons. The second-order valence-corrected chi connectivity index (χ2v) is 7.39. The highest BCUT2D eigenvalue weighted by molar-refractivity contribution is 5.79. The number of carbonyl (C=O) groups is 1. The first-order valence-corrected chi connectivity index (χ1v) is 9.78. The molecule has 0 saturated carbocycles. The van der Waals surface area contributed by atoms with E-state index in [1.165, 1.54) is 37.3 Å². The smallest absolute Gasteiger partial charge is 0.416 e. The van der Waals surface area contributed by atoms with Gasteiger partial charge in [0.1, 0.15) is 11.5 Å². The van der Waals surface area contributed by atoms with Crippen molar-refractivity contribution >= 4 is 5.91 Å². The van der Waals surface area contributed by atoms with Crippen molar-refractivity contribution in [3.8, 4) is 22.9 Å². The van der Waals surface area contributed by atoms with Gasteiger partial charge in [-0.2, -0.15) is 18.2 Å². The highest BCUT2D eigenvalue weighted by Crippen LogP contribution is 2.35. The van der Waals surface area contributed by atoms with E-state index in [0.29, 0.717) is 22.9 Å². The number of hydrogen-bond donors (Lipinski definition) is 0. The van der Waals surface area contributed by atoms with Crippen LogP contribution in [0.15, 0.2) is 47.0 Å². The minimum atomic E-state index is -4.49. The van der Waals surface area contributed by atoms with Gasteiger partial charge in [-0.05, 0) is 23.8 Å². The predicted octanol–water partition coefficient (Wildman–Crippen LogP) is 4.29. The van der Waals surface area contributed by atoms with Crippen LogP contribution in [0.3, 0.4) is 0 Å². The standard InChI is InChI=1S/C22H20F3N3O4/c1-30-16-7-14(8-17(10-16)31-2)20-26-21(32-27-20)15-9-19(29)28(12-15)11-13-5-3-4-6-18(13)22(23,24)25/h3-8,10,15H,9,11-12H2,1-2H3. The lowest BCUT2D eigenvalue weighted by atomic mass is 10.1. The summed E-state index contributed by atoms with van der Waals surface area (Å²) >= 11 is 0. The average molecular weight is 447 g/mol. The van der Waals surface area contributed by atoms with Crippen LogP contribution in [0.5, 0.6) is 11.5 Å². The number of amides is 1. The average Bonchev–Trinajstić information content (AvgIpc) is 3.40. The molecule has 0 radical (unpaired) electrons. The molecular weight excluding hydrogens is 427 g/mol. The Bertz CT molecular complexity index is 1110. The van der Waals surface area contributed by atoms with Gasteiger partial charge >= 0.3 is 6.18 Å². The number of ether oxygens (including phenoxy) is 2. The van der Waals surface area contributed by atoms with Gasteiger partial charge in [0.05, 0.1) is 25.7 Å². The zero-order valence-corrected chi connectivity index (χ0v) is 17.3. The molecule has 1 saturated heterocycles. The zero-order valence-electron chi connectivity index (χ0n) is 17.3. The van der Waals surface area contributed by atoms with Crippen LogP contribution in [0.25, 0.3) is 11.4 Å². The highest BCUT2D eigenvalue weighted by atomic mass is 19.4. The van der Waals surface area contributed by atoms with E-state index in [2.05, 4.69) is 10.1 Å². The lowest BCUT2D eigenvalue weighted by Crippen LogP contribution is -2.26. The molecule has 1 unspecified atom stereocenters. The Hall–Kier alpha value is -3.56. The summed E-state index contributed by atoms with van der Waals surface area (Å²) in [6.07, 6.45) is -4.41. The third-order valence-electron chi connectivity index (χ3n) is 5.30. The number of aromatic nitrogens is 2. The van der Waals surface area contributed by atoms with Crippen molar-refractivity contribution in [3.05, 3.63) is 59.5 Å². The largest absolute Gasteiger partial charge is 0.497 e. The molecule has 1 fully saturated rings. The molecule has 32 heavy (non-hydrogen) atoms. The van der Waals surface area contributed by atoms with Gasteiger partial charge in [-0.15, -0.1) is 0 Å². The Morgan fingerprint density at radius 3 is 2.47 bits per heavy atom. The van der Waals surface area contributed by atoms with Crippen LogP contribution in [-0.2, 0) is 17.5 Å². The normalized spacial score (nSPS) is 16.5. The van der Waals surface area contributed by atoms with Crippen LogP contribution in [-0.4, -0.2) is 41.7 Å². The Balaban J connectivity index is 1.52. The molecule has 1 aliphatic heterocycles. The van der Waals surface area contributed by atoms with Crippen molar-refractivity contribution in [2.45, 2.75) is 25.1 Å². The van der Waals surface area contributed by atoms with Gasteiger partial charge in [-0.1, -0.05) is 23.4 Å². The molecule has 0 aliphatic carbocycles. The van der Waals surface area contributed by atoms with Crippen molar-refractivity contribution < 1.29 is 32.0 Å². The molecule has 1 amide bonds. The number of likely N-dealkylation sites (tertiary alicyclic amines) is 1. The Morgan fingerprint density at radius 2 is 1.81 bits per heavy atom. The molecule has 4 rings (SSSR count). The molecular formula is C22H20F3N3O4. The first-order chi connectivity index (χ1) is 15.3. The summed E-state index contributed by atoms with van der Waals surface area (Å²) in [7, 11) is 3.05. The van der Waals surface area contributed by atoms with Crippen LogP contribution < -0.4 is 9.47 Å². The molecule has 0 N–H and O–H groups in total. The molecule has 0 spiro atoms.